The van der Waals surface area contributed by atoms with E-state index in [1.165, 1.54) is 28.2 Å². The zero-order valence-corrected chi connectivity index (χ0v) is 17.4. The summed E-state index contributed by atoms with van der Waals surface area (Å²) in [5.74, 6) is 2.10. The predicted octanol–water partition coefficient (Wildman–Crippen LogP) is 4.30. The maximum Gasteiger partial charge on any atom is 0.348 e. The number of aromatic nitrogens is 2. The van der Waals surface area contributed by atoms with Gasteiger partial charge in [0, 0.05) is 10.9 Å². The molecule has 152 valence electrons. The number of methoxy groups -OCH3 is 2. The Morgan fingerprint density at radius 3 is 2.93 bits per heavy atom. The lowest BCUT2D eigenvalue weighted by Crippen LogP contribution is -2.08. The number of hydrogen-bond acceptors (Lipinski definition) is 8. The van der Waals surface area contributed by atoms with Crippen LogP contribution in [0.25, 0.3) is 11.4 Å². The van der Waals surface area contributed by atoms with Gasteiger partial charge in [0.15, 0.2) is 6.61 Å². The van der Waals surface area contributed by atoms with Crippen molar-refractivity contribution >= 4 is 17.3 Å². The second-order valence-corrected chi connectivity index (χ2v) is 8.20. The SMILES string of the molecule is COc1ccc(-c2noc(COC(=O)c3cc4c(s3)CCC(C)C4)n2)c(OC)c1. The first-order valence-corrected chi connectivity index (χ1v) is 10.2. The van der Waals surface area contributed by atoms with Crippen molar-refractivity contribution in [1.82, 2.24) is 10.1 Å². The Hall–Kier alpha value is -2.87. The number of ether oxygens (including phenoxy) is 3. The van der Waals surface area contributed by atoms with Gasteiger partial charge in [0.1, 0.15) is 16.4 Å². The summed E-state index contributed by atoms with van der Waals surface area (Å²) in [4.78, 5) is 18.7. The van der Waals surface area contributed by atoms with Crippen LogP contribution in [0, 0.1) is 5.92 Å². The van der Waals surface area contributed by atoms with E-state index in [-0.39, 0.29) is 18.5 Å². The molecule has 1 atom stereocenters. The quantitative estimate of drug-likeness (QED) is 0.556. The first kappa shape index (κ1) is 19.4. The Balaban J connectivity index is 1.43. The molecular weight excluding hydrogens is 392 g/mol. The van der Waals surface area contributed by atoms with E-state index >= 15 is 0 Å². The first-order valence-electron chi connectivity index (χ1n) is 9.41. The van der Waals surface area contributed by atoms with Crippen LogP contribution in [0.15, 0.2) is 28.8 Å². The van der Waals surface area contributed by atoms with Crippen molar-refractivity contribution < 1.29 is 23.5 Å². The van der Waals surface area contributed by atoms with Gasteiger partial charge in [-0.1, -0.05) is 12.1 Å². The summed E-state index contributed by atoms with van der Waals surface area (Å²) in [5.41, 5.74) is 1.93. The molecule has 1 unspecified atom stereocenters. The minimum atomic E-state index is -0.362. The van der Waals surface area contributed by atoms with Crippen molar-refractivity contribution in [3.05, 3.63) is 45.5 Å². The summed E-state index contributed by atoms with van der Waals surface area (Å²) in [6.07, 6.45) is 3.22. The molecule has 0 amide bonds. The minimum Gasteiger partial charge on any atom is -0.497 e. The van der Waals surface area contributed by atoms with Crippen molar-refractivity contribution in [3.63, 3.8) is 0 Å². The number of rotatable bonds is 6. The van der Waals surface area contributed by atoms with Crippen LogP contribution in [0.3, 0.4) is 0 Å². The van der Waals surface area contributed by atoms with Gasteiger partial charge in [-0.3, -0.25) is 0 Å². The predicted molar refractivity (Wildman–Crippen MR) is 107 cm³/mol. The van der Waals surface area contributed by atoms with E-state index in [0.29, 0.717) is 33.7 Å². The topological polar surface area (TPSA) is 83.7 Å². The smallest absolute Gasteiger partial charge is 0.348 e. The van der Waals surface area contributed by atoms with Gasteiger partial charge in [-0.25, -0.2) is 4.79 Å². The number of benzene rings is 1. The first-order chi connectivity index (χ1) is 14.1. The molecule has 1 aliphatic rings. The van der Waals surface area contributed by atoms with Gasteiger partial charge in [-0.05, 0) is 48.9 Å². The number of nitrogens with zero attached hydrogens (tertiary/aromatic N) is 2. The van der Waals surface area contributed by atoms with Crippen LogP contribution in [0.2, 0.25) is 0 Å². The van der Waals surface area contributed by atoms with Gasteiger partial charge in [-0.2, -0.15) is 4.98 Å². The number of carbonyl (C=O) groups is 1. The van der Waals surface area contributed by atoms with E-state index in [1.54, 1.807) is 32.4 Å². The zero-order valence-electron chi connectivity index (χ0n) is 16.6. The number of aryl methyl sites for hydroxylation is 1. The number of esters is 1. The van der Waals surface area contributed by atoms with Crippen molar-refractivity contribution in [2.45, 2.75) is 32.8 Å². The highest BCUT2D eigenvalue weighted by atomic mass is 32.1. The molecule has 1 aliphatic carbocycles. The summed E-state index contributed by atoms with van der Waals surface area (Å²) in [7, 11) is 3.14. The Bertz CT molecular complexity index is 1030. The molecule has 2 aromatic heterocycles. The average molecular weight is 414 g/mol. The van der Waals surface area contributed by atoms with E-state index < -0.39 is 0 Å². The van der Waals surface area contributed by atoms with Crippen LogP contribution in [0.4, 0.5) is 0 Å². The number of fused-ring (bicyclic) bond motifs is 1. The summed E-state index contributed by atoms with van der Waals surface area (Å²) in [5, 5.41) is 3.97. The van der Waals surface area contributed by atoms with E-state index in [1.807, 2.05) is 6.07 Å². The Morgan fingerprint density at radius 1 is 1.28 bits per heavy atom. The van der Waals surface area contributed by atoms with Gasteiger partial charge >= 0.3 is 5.97 Å². The Morgan fingerprint density at radius 2 is 2.14 bits per heavy atom. The molecule has 0 saturated heterocycles. The van der Waals surface area contributed by atoms with E-state index in [0.717, 1.165) is 12.8 Å². The highest BCUT2D eigenvalue weighted by Crippen LogP contribution is 2.33. The van der Waals surface area contributed by atoms with Crippen LogP contribution >= 0.6 is 11.3 Å². The lowest BCUT2D eigenvalue weighted by atomic mass is 9.90. The average Bonchev–Trinajstić information content (AvgIpc) is 3.38. The third kappa shape index (κ3) is 4.12. The fourth-order valence-electron chi connectivity index (χ4n) is 3.41. The fraction of sp³-hybridized carbons (Fsp3) is 0.381. The molecule has 3 aromatic rings. The second kappa shape index (κ2) is 8.24. The monoisotopic (exact) mass is 414 g/mol. The zero-order chi connectivity index (χ0) is 20.4. The third-order valence-corrected chi connectivity index (χ3v) is 6.19. The van der Waals surface area contributed by atoms with E-state index in [4.69, 9.17) is 18.7 Å². The molecule has 0 N–H and O–H groups in total. The molecule has 0 radical (unpaired) electrons. The van der Waals surface area contributed by atoms with Crippen LogP contribution in [0.5, 0.6) is 11.5 Å². The number of carbonyl (C=O) groups excluding carboxylic acids is 1. The van der Waals surface area contributed by atoms with Gasteiger partial charge in [0.2, 0.25) is 5.82 Å². The molecule has 0 saturated carbocycles. The van der Waals surface area contributed by atoms with Crippen molar-refractivity contribution in [3.8, 4) is 22.9 Å². The Kier molecular flexibility index (Phi) is 5.53. The maximum absolute atomic E-state index is 12.4. The van der Waals surface area contributed by atoms with Crippen molar-refractivity contribution in [2.24, 2.45) is 5.92 Å². The van der Waals surface area contributed by atoms with Crippen LogP contribution in [-0.2, 0) is 24.2 Å². The van der Waals surface area contributed by atoms with Crippen molar-refractivity contribution in [1.29, 1.82) is 0 Å². The molecule has 8 heteroatoms. The Labute approximate surface area is 172 Å². The molecule has 4 rings (SSSR count). The van der Waals surface area contributed by atoms with E-state index in [2.05, 4.69) is 17.1 Å². The molecule has 0 spiro atoms. The van der Waals surface area contributed by atoms with Gasteiger partial charge in [-0.15, -0.1) is 11.3 Å². The number of thiophene rings is 1. The largest absolute Gasteiger partial charge is 0.497 e. The summed E-state index contributed by atoms with van der Waals surface area (Å²) in [6, 6.07) is 7.27. The highest BCUT2D eigenvalue weighted by Gasteiger charge is 2.22. The number of hydrogen-bond donors (Lipinski definition) is 0. The van der Waals surface area contributed by atoms with Crippen molar-refractivity contribution in [2.75, 3.05) is 14.2 Å². The molecular formula is C21H22N2O5S. The summed E-state index contributed by atoms with van der Waals surface area (Å²) >= 11 is 1.52. The maximum atomic E-state index is 12.4. The van der Waals surface area contributed by atoms with Crippen LogP contribution in [0.1, 0.15) is 39.3 Å². The van der Waals surface area contributed by atoms with E-state index in [9.17, 15) is 4.79 Å². The lowest BCUT2D eigenvalue weighted by Gasteiger charge is -2.16. The standard InChI is InChI=1S/C21H22N2O5S/c1-12-4-7-17-13(8-12)9-18(29-17)21(24)27-11-19-22-20(23-28-19)15-6-5-14(25-2)10-16(15)26-3/h5-6,9-10,12H,4,7-8,11H2,1-3H3. The van der Waals surface area contributed by atoms with Gasteiger partial charge < -0.3 is 18.7 Å². The normalized spacial score (nSPS) is 15.6. The summed E-state index contributed by atoms with van der Waals surface area (Å²) in [6.45, 7) is 2.16. The molecule has 2 heterocycles. The van der Waals surface area contributed by atoms with Gasteiger partial charge in [0.25, 0.3) is 5.89 Å². The fourth-order valence-corrected chi connectivity index (χ4v) is 4.51. The molecule has 7 nitrogen and oxygen atoms in total. The molecule has 0 fully saturated rings. The van der Waals surface area contributed by atoms with Crippen LogP contribution < -0.4 is 9.47 Å². The third-order valence-electron chi connectivity index (χ3n) is 4.97. The lowest BCUT2D eigenvalue weighted by molar-refractivity contribution is 0.0435. The molecule has 0 bridgehead atoms. The summed E-state index contributed by atoms with van der Waals surface area (Å²) < 4.78 is 21.2. The molecule has 1 aromatic carbocycles. The molecule has 29 heavy (non-hydrogen) atoms. The highest BCUT2D eigenvalue weighted by molar-refractivity contribution is 7.14. The van der Waals surface area contributed by atoms with Gasteiger partial charge in [0.05, 0.1) is 19.8 Å². The minimum absolute atomic E-state index is 0.0801. The van der Waals surface area contributed by atoms with Crippen LogP contribution in [-0.4, -0.2) is 30.3 Å². The molecule has 0 aliphatic heterocycles. The second-order valence-electron chi connectivity index (χ2n) is 7.06.